The normalized spacial score (nSPS) is 18.7. The third-order valence-corrected chi connectivity index (χ3v) is 4.66. The highest BCUT2D eigenvalue weighted by molar-refractivity contribution is 7.10. The summed E-state index contributed by atoms with van der Waals surface area (Å²) >= 11 is 1.67. The van der Waals surface area contributed by atoms with Crippen molar-refractivity contribution in [2.75, 3.05) is 5.32 Å². The van der Waals surface area contributed by atoms with Gasteiger partial charge in [-0.05, 0) is 29.5 Å². The molecule has 2 unspecified atom stereocenters. The highest BCUT2D eigenvalue weighted by atomic mass is 32.1. The van der Waals surface area contributed by atoms with Crippen LogP contribution in [0.1, 0.15) is 36.4 Å². The molecule has 2 heterocycles. The first-order valence-corrected chi connectivity index (χ1v) is 7.84. The zero-order chi connectivity index (χ0) is 15.0. The van der Waals surface area contributed by atoms with Crippen LogP contribution in [-0.4, -0.2) is 5.91 Å². The number of thiophene rings is 1. The number of fused-ring (bicyclic) bond motifs is 1. The van der Waals surface area contributed by atoms with Crippen molar-refractivity contribution < 1.29 is 9.18 Å². The second-order valence-electron chi connectivity index (χ2n) is 5.56. The van der Waals surface area contributed by atoms with Gasteiger partial charge in [0.05, 0.1) is 0 Å². The smallest absolute Gasteiger partial charge is 0.246 e. The molecule has 1 aliphatic heterocycles. The molecule has 2 N–H and O–H groups in total. The van der Waals surface area contributed by atoms with Crippen molar-refractivity contribution in [1.29, 1.82) is 0 Å². The fraction of sp³-hybridized carbons (Fsp3) is 0.312. The number of amides is 1. The fourth-order valence-electron chi connectivity index (χ4n) is 2.65. The SMILES string of the molecule is CC(C)C(NC1C(=O)Nc2cc(F)ccc21)c1cccs1. The van der Waals surface area contributed by atoms with E-state index in [1.807, 2.05) is 11.4 Å². The Morgan fingerprint density at radius 1 is 1.33 bits per heavy atom. The Balaban J connectivity index is 1.89. The Labute approximate surface area is 127 Å². The third-order valence-electron chi connectivity index (χ3n) is 3.71. The van der Waals surface area contributed by atoms with Gasteiger partial charge in [0.25, 0.3) is 0 Å². The number of nitrogens with one attached hydrogen (secondary N) is 2. The molecule has 110 valence electrons. The average molecular weight is 304 g/mol. The summed E-state index contributed by atoms with van der Waals surface area (Å²) < 4.78 is 13.3. The Kier molecular flexibility index (Phi) is 3.78. The number of halogens is 1. The number of hydrogen-bond acceptors (Lipinski definition) is 3. The molecule has 2 atom stereocenters. The van der Waals surface area contributed by atoms with E-state index in [9.17, 15) is 9.18 Å². The second kappa shape index (κ2) is 5.58. The van der Waals surface area contributed by atoms with Crippen molar-refractivity contribution >= 4 is 22.9 Å². The molecule has 0 saturated carbocycles. The molecule has 21 heavy (non-hydrogen) atoms. The summed E-state index contributed by atoms with van der Waals surface area (Å²) in [6.07, 6.45) is 0. The van der Waals surface area contributed by atoms with Crippen molar-refractivity contribution in [3.63, 3.8) is 0 Å². The van der Waals surface area contributed by atoms with Gasteiger partial charge in [-0.3, -0.25) is 10.1 Å². The molecular weight excluding hydrogens is 287 g/mol. The van der Waals surface area contributed by atoms with Gasteiger partial charge in [0.1, 0.15) is 11.9 Å². The van der Waals surface area contributed by atoms with Crippen LogP contribution in [0.2, 0.25) is 0 Å². The van der Waals surface area contributed by atoms with E-state index < -0.39 is 6.04 Å². The molecule has 1 amide bonds. The number of anilines is 1. The van der Waals surface area contributed by atoms with Crippen molar-refractivity contribution in [1.82, 2.24) is 5.32 Å². The topological polar surface area (TPSA) is 41.1 Å². The van der Waals surface area contributed by atoms with E-state index in [4.69, 9.17) is 0 Å². The van der Waals surface area contributed by atoms with Crippen LogP contribution in [0.5, 0.6) is 0 Å². The zero-order valence-corrected chi connectivity index (χ0v) is 12.7. The molecule has 3 rings (SSSR count). The molecule has 2 aromatic rings. The molecule has 0 fully saturated rings. The average Bonchev–Trinajstić information content (AvgIpc) is 3.03. The highest BCUT2D eigenvalue weighted by Crippen LogP contribution is 2.35. The number of benzene rings is 1. The van der Waals surface area contributed by atoms with Gasteiger partial charge in [-0.2, -0.15) is 0 Å². The summed E-state index contributed by atoms with van der Waals surface area (Å²) in [6, 6.07) is 8.17. The minimum atomic E-state index is -0.435. The lowest BCUT2D eigenvalue weighted by Gasteiger charge is -2.24. The van der Waals surface area contributed by atoms with Gasteiger partial charge in [-0.1, -0.05) is 26.0 Å². The van der Waals surface area contributed by atoms with Crippen LogP contribution < -0.4 is 10.6 Å². The van der Waals surface area contributed by atoms with Gasteiger partial charge in [0.15, 0.2) is 0 Å². The van der Waals surface area contributed by atoms with Gasteiger partial charge in [-0.15, -0.1) is 11.3 Å². The van der Waals surface area contributed by atoms with E-state index in [1.54, 1.807) is 17.4 Å². The Morgan fingerprint density at radius 2 is 2.14 bits per heavy atom. The Morgan fingerprint density at radius 3 is 2.81 bits per heavy atom. The van der Waals surface area contributed by atoms with Crippen molar-refractivity contribution in [2.45, 2.75) is 25.9 Å². The molecule has 5 heteroatoms. The van der Waals surface area contributed by atoms with Gasteiger partial charge in [0, 0.05) is 22.2 Å². The monoisotopic (exact) mass is 304 g/mol. The van der Waals surface area contributed by atoms with Crippen molar-refractivity contribution in [2.24, 2.45) is 5.92 Å². The predicted molar refractivity (Wildman–Crippen MR) is 82.8 cm³/mol. The summed E-state index contributed by atoms with van der Waals surface area (Å²) in [5.74, 6) is -0.118. The summed E-state index contributed by atoms with van der Waals surface area (Å²) in [4.78, 5) is 13.4. The standard InChI is InChI=1S/C16H17FN2OS/c1-9(2)14(13-4-3-7-21-13)19-15-11-6-5-10(17)8-12(11)18-16(15)20/h3-9,14-15,19H,1-2H3,(H,18,20). The van der Waals surface area contributed by atoms with Crippen LogP contribution in [0.3, 0.4) is 0 Å². The van der Waals surface area contributed by atoms with Crippen LogP contribution >= 0.6 is 11.3 Å². The van der Waals surface area contributed by atoms with Crippen LogP contribution in [0.25, 0.3) is 0 Å². The first kappa shape index (κ1) is 14.2. The van der Waals surface area contributed by atoms with E-state index in [-0.39, 0.29) is 17.8 Å². The van der Waals surface area contributed by atoms with Crippen molar-refractivity contribution in [3.8, 4) is 0 Å². The lowest BCUT2D eigenvalue weighted by Crippen LogP contribution is -2.33. The maximum Gasteiger partial charge on any atom is 0.246 e. The van der Waals surface area contributed by atoms with Gasteiger partial charge >= 0.3 is 0 Å². The zero-order valence-electron chi connectivity index (χ0n) is 11.9. The Bertz CT molecular complexity index is 654. The van der Waals surface area contributed by atoms with Gasteiger partial charge in [0.2, 0.25) is 5.91 Å². The largest absolute Gasteiger partial charge is 0.324 e. The van der Waals surface area contributed by atoms with Crippen molar-refractivity contribution in [3.05, 3.63) is 52.0 Å². The number of rotatable bonds is 4. The van der Waals surface area contributed by atoms with Gasteiger partial charge < -0.3 is 5.32 Å². The minimum absolute atomic E-state index is 0.0942. The second-order valence-corrected chi connectivity index (χ2v) is 6.54. The molecule has 0 bridgehead atoms. The number of hydrogen-bond donors (Lipinski definition) is 2. The van der Waals surface area contributed by atoms with E-state index in [2.05, 4.69) is 30.5 Å². The first-order chi connectivity index (χ1) is 10.1. The summed E-state index contributed by atoms with van der Waals surface area (Å²) in [5, 5.41) is 8.19. The molecule has 0 saturated heterocycles. The maximum absolute atomic E-state index is 13.3. The maximum atomic E-state index is 13.3. The van der Waals surface area contributed by atoms with Crippen LogP contribution in [-0.2, 0) is 4.79 Å². The molecule has 0 aliphatic carbocycles. The molecule has 0 spiro atoms. The lowest BCUT2D eigenvalue weighted by molar-refractivity contribution is -0.117. The van der Waals surface area contributed by atoms with E-state index in [0.717, 1.165) is 5.56 Å². The Hall–Kier alpha value is -1.72. The number of carbonyl (C=O) groups is 1. The quantitative estimate of drug-likeness (QED) is 0.900. The first-order valence-electron chi connectivity index (χ1n) is 6.96. The van der Waals surface area contributed by atoms with Crippen LogP contribution in [0.15, 0.2) is 35.7 Å². The molecule has 1 aliphatic rings. The highest BCUT2D eigenvalue weighted by Gasteiger charge is 2.33. The third kappa shape index (κ3) is 2.71. The number of carbonyl (C=O) groups excluding carboxylic acids is 1. The summed E-state index contributed by atoms with van der Waals surface area (Å²) in [6.45, 7) is 4.24. The molecule has 0 radical (unpaired) electrons. The van der Waals surface area contributed by atoms with E-state index in [0.29, 0.717) is 11.6 Å². The van der Waals surface area contributed by atoms with Crippen LogP contribution in [0, 0.1) is 11.7 Å². The predicted octanol–water partition coefficient (Wildman–Crippen LogP) is 3.87. The molecular formula is C16H17FN2OS. The van der Waals surface area contributed by atoms with E-state index in [1.165, 1.54) is 17.0 Å². The van der Waals surface area contributed by atoms with E-state index >= 15 is 0 Å². The minimum Gasteiger partial charge on any atom is -0.324 e. The molecule has 1 aromatic carbocycles. The summed E-state index contributed by atoms with van der Waals surface area (Å²) in [7, 11) is 0. The fourth-order valence-corrected chi connectivity index (χ4v) is 3.61. The molecule has 1 aromatic heterocycles. The van der Waals surface area contributed by atoms with Gasteiger partial charge in [-0.25, -0.2) is 4.39 Å². The lowest BCUT2D eigenvalue weighted by atomic mass is 9.99. The molecule has 3 nitrogen and oxygen atoms in total. The summed E-state index contributed by atoms with van der Waals surface area (Å²) in [5.41, 5.74) is 1.37. The van der Waals surface area contributed by atoms with Crippen LogP contribution in [0.4, 0.5) is 10.1 Å².